The normalized spacial score (nSPS) is 13.6. The second-order valence-corrected chi connectivity index (χ2v) is 5.94. The zero-order valence-electron chi connectivity index (χ0n) is 11.8. The first kappa shape index (κ1) is 15.5. The highest BCUT2D eigenvalue weighted by Crippen LogP contribution is 2.22. The Morgan fingerprint density at radius 1 is 1.22 bits per heavy atom. The van der Waals surface area contributed by atoms with E-state index in [1.54, 1.807) is 7.11 Å². The Balaban J connectivity index is 2.53. The molecular weight excluding hydrogens is 246 g/mol. The van der Waals surface area contributed by atoms with Crippen molar-refractivity contribution in [1.82, 2.24) is 5.32 Å². The molecule has 0 bridgehead atoms. The lowest BCUT2D eigenvalue weighted by molar-refractivity contribution is 0.172. The zero-order valence-corrected chi connectivity index (χ0v) is 12.6. The number of halogens is 1. The first-order valence-electron chi connectivity index (χ1n) is 6.35. The molecule has 0 aliphatic rings. The third-order valence-corrected chi connectivity index (χ3v) is 3.34. The third kappa shape index (κ3) is 4.97. The Bertz CT molecular complexity index is 343. The van der Waals surface area contributed by atoms with Crippen molar-refractivity contribution in [2.24, 2.45) is 0 Å². The second-order valence-electron chi connectivity index (χ2n) is 5.63. The van der Waals surface area contributed by atoms with E-state index in [2.05, 4.69) is 50.4 Å². The van der Waals surface area contributed by atoms with Crippen LogP contribution in [0.3, 0.4) is 0 Å². The van der Waals surface area contributed by atoms with E-state index >= 15 is 0 Å². The quantitative estimate of drug-likeness (QED) is 0.800. The van der Waals surface area contributed by atoms with Gasteiger partial charge in [-0.1, -0.05) is 45.0 Å². The molecule has 0 saturated heterocycles. The predicted molar refractivity (Wildman–Crippen MR) is 78.4 cm³/mol. The van der Waals surface area contributed by atoms with Gasteiger partial charge in [0.25, 0.3) is 0 Å². The SMILES string of the molecule is COCC(CCl)NCc1ccc(C(C)(C)C)cc1. The first-order chi connectivity index (χ1) is 8.47. The summed E-state index contributed by atoms with van der Waals surface area (Å²) in [6, 6.07) is 8.95. The van der Waals surface area contributed by atoms with Gasteiger partial charge in [0.15, 0.2) is 0 Å². The Morgan fingerprint density at radius 3 is 2.28 bits per heavy atom. The minimum atomic E-state index is 0.207. The molecule has 1 aromatic rings. The minimum Gasteiger partial charge on any atom is -0.383 e. The van der Waals surface area contributed by atoms with Crippen LogP contribution < -0.4 is 5.32 Å². The fourth-order valence-corrected chi connectivity index (χ4v) is 1.94. The van der Waals surface area contributed by atoms with Gasteiger partial charge in [0.05, 0.1) is 6.61 Å². The number of nitrogens with one attached hydrogen (secondary N) is 1. The summed E-state index contributed by atoms with van der Waals surface area (Å²) in [6.45, 7) is 8.14. The van der Waals surface area contributed by atoms with Crippen molar-refractivity contribution in [2.75, 3.05) is 19.6 Å². The second kappa shape index (κ2) is 7.13. The summed E-state index contributed by atoms with van der Waals surface area (Å²) < 4.78 is 5.10. The van der Waals surface area contributed by atoms with E-state index < -0.39 is 0 Å². The molecule has 0 aliphatic heterocycles. The molecule has 0 fully saturated rings. The summed E-state index contributed by atoms with van der Waals surface area (Å²) in [7, 11) is 1.69. The average molecular weight is 270 g/mol. The monoisotopic (exact) mass is 269 g/mol. The topological polar surface area (TPSA) is 21.3 Å². The molecule has 1 N–H and O–H groups in total. The van der Waals surface area contributed by atoms with Crippen LogP contribution in [-0.2, 0) is 16.7 Å². The van der Waals surface area contributed by atoms with Crippen LogP contribution in [0.15, 0.2) is 24.3 Å². The van der Waals surface area contributed by atoms with Crippen LogP contribution in [0.5, 0.6) is 0 Å². The molecule has 0 saturated carbocycles. The molecule has 2 nitrogen and oxygen atoms in total. The highest BCUT2D eigenvalue weighted by atomic mass is 35.5. The van der Waals surface area contributed by atoms with Crippen LogP contribution in [0.1, 0.15) is 31.9 Å². The number of ether oxygens (including phenoxy) is 1. The zero-order chi connectivity index (χ0) is 13.6. The van der Waals surface area contributed by atoms with Gasteiger partial charge in [0, 0.05) is 25.6 Å². The van der Waals surface area contributed by atoms with E-state index in [-0.39, 0.29) is 11.5 Å². The highest BCUT2D eigenvalue weighted by Gasteiger charge is 2.13. The van der Waals surface area contributed by atoms with Gasteiger partial charge < -0.3 is 10.1 Å². The number of rotatable bonds is 6. The Labute approximate surface area is 116 Å². The number of methoxy groups -OCH3 is 1. The van der Waals surface area contributed by atoms with Gasteiger partial charge >= 0.3 is 0 Å². The molecule has 0 amide bonds. The van der Waals surface area contributed by atoms with E-state index in [0.29, 0.717) is 12.5 Å². The van der Waals surface area contributed by atoms with E-state index in [1.807, 2.05) is 0 Å². The minimum absolute atomic E-state index is 0.207. The number of hydrogen-bond acceptors (Lipinski definition) is 2. The molecule has 3 heteroatoms. The van der Waals surface area contributed by atoms with Crippen molar-refractivity contribution in [3.05, 3.63) is 35.4 Å². The smallest absolute Gasteiger partial charge is 0.0627 e. The van der Waals surface area contributed by atoms with Crippen molar-refractivity contribution in [3.63, 3.8) is 0 Å². The van der Waals surface area contributed by atoms with Gasteiger partial charge in [-0.05, 0) is 16.5 Å². The van der Waals surface area contributed by atoms with Crippen molar-refractivity contribution in [2.45, 2.75) is 38.8 Å². The van der Waals surface area contributed by atoms with Crippen LogP contribution in [0.25, 0.3) is 0 Å². The summed E-state index contributed by atoms with van der Waals surface area (Å²) >= 11 is 5.86. The van der Waals surface area contributed by atoms with Crippen LogP contribution in [0.4, 0.5) is 0 Å². The predicted octanol–water partition coefficient (Wildman–Crippen LogP) is 3.33. The molecule has 1 aromatic carbocycles. The van der Waals surface area contributed by atoms with Crippen molar-refractivity contribution in [1.29, 1.82) is 0 Å². The maximum Gasteiger partial charge on any atom is 0.0627 e. The molecule has 1 atom stereocenters. The summed E-state index contributed by atoms with van der Waals surface area (Å²) in [6.07, 6.45) is 0. The maximum atomic E-state index is 5.86. The number of hydrogen-bond donors (Lipinski definition) is 1. The lowest BCUT2D eigenvalue weighted by atomic mass is 9.87. The molecule has 1 unspecified atom stereocenters. The van der Waals surface area contributed by atoms with Gasteiger partial charge in [0.2, 0.25) is 0 Å². The summed E-state index contributed by atoms with van der Waals surface area (Å²) in [5, 5.41) is 3.39. The van der Waals surface area contributed by atoms with Gasteiger partial charge in [-0.25, -0.2) is 0 Å². The molecule has 0 aromatic heterocycles. The Morgan fingerprint density at radius 2 is 1.83 bits per heavy atom. The van der Waals surface area contributed by atoms with Crippen LogP contribution >= 0.6 is 11.6 Å². The lowest BCUT2D eigenvalue weighted by Gasteiger charge is -2.20. The van der Waals surface area contributed by atoms with Crippen molar-refractivity contribution >= 4 is 11.6 Å². The number of benzene rings is 1. The van der Waals surface area contributed by atoms with Crippen LogP contribution in [0, 0.1) is 0 Å². The molecule has 0 heterocycles. The summed E-state index contributed by atoms with van der Waals surface area (Å²) in [5.41, 5.74) is 2.84. The molecule has 18 heavy (non-hydrogen) atoms. The van der Waals surface area contributed by atoms with E-state index in [4.69, 9.17) is 16.3 Å². The average Bonchev–Trinajstić information content (AvgIpc) is 2.34. The first-order valence-corrected chi connectivity index (χ1v) is 6.88. The van der Waals surface area contributed by atoms with E-state index in [0.717, 1.165) is 6.54 Å². The van der Waals surface area contributed by atoms with Crippen molar-refractivity contribution < 1.29 is 4.74 Å². The largest absolute Gasteiger partial charge is 0.383 e. The third-order valence-electron chi connectivity index (χ3n) is 2.97. The standard InChI is InChI=1S/C15H24ClNO/c1-15(2,3)13-7-5-12(6-8-13)10-17-14(9-16)11-18-4/h5-8,14,17H,9-11H2,1-4H3. The molecule has 0 aliphatic carbocycles. The van der Waals surface area contributed by atoms with Gasteiger partial charge in [-0.2, -0.15) is 0 Å². The van der Waals surface area contributed by atoms with Gasteiger partial charge in [-0.15, -0.1) is 11.6 Å². The molecule has 0 radical (unpaired) electrons. The van der Waals surface area contributed by atoms with Crippen LogP contribution in [-0.4, -0.2) is 25.6 Å². The summed E-state index contributed by atoms with van der Waals surface area (Å²) in [4.78, 5) is 0. The van der Waals surface area contributed by atoms with Crippen LogP contribution in [0.2, 0.25) is 0 Å². The van der Waals surface area contributed by atoms with Gasteiger partial charge in [-0.3, -0.25) is 0 Å². The lowest BCUT2D eigenvalue weighted by Crippen LogP contribution is -2.34. The summed E-state index contributed by atoms with van der Waals surface area (Å²) in [5.74, 6) is 0.563. The van der Waals surface area contributed by atoms with Crippen molar-refractivity contribution in [3.8, 4) is 0 Å². The molecule has 102 valence electrons. The van der Waals surface area contributed by atoms with Gasteiger partial charge in [0.1, 0.15) is 0 Å². The van der Waals surface area contributed by atoms with E-state index in [9.17, 15) is 0 Å². The molecule has 1 rings (SSSR count). The maximum absolute atomic E-state index is 5.86. The highest BCUT2D eigenvalue weighted by molar-refractivity contribution is 6.18. The Hall–Kier alpha value is -0.570. The molecular formula is C15H24ClNO. The fraction of sp³-hybridized carbons (Fsp3) is 0.600. The van der Waals surface area contributed by atoms with E-state index in [1.165, 1.54) is 11.1 Å². The molecule has 0 spiro atoms. The Kier molecular flexibility index (Phi) is 6.13. The fourth-order valence-electron chi connectivity index (χ4n) is 1.74. The number of alkyl halides is 1.